The fourth-order valence-corrected chi connectivity index (χ4v) is 4.06. The molecule has 2 rings (SSSR count). The van der Waals surface area contributed by atoms with Crippen LogP contribution >= 0.6 is 23.8 Å². The Morgan fingerprint density at radius 2 is 2.00 bits per heavy atom. The summed E-state index contributed by atoms with van der Waals surface area (Å²) >= 11 is 1.99. The number of hydrogen-bond acceptors (Lipinski definition) is 9. The Hall–Kier alpha value is -2.11. The van der Waals surface area contributed by atoms with Crippen molar-refractivity contribution in [2.45, 2.75) is 38.3 Å². The van der Waals surface area contributed by atoms with E-state index in [9.17, 15) is 24.5 Å². The van der Waals surface area contributed by atoms with Gasteiger partial charge in [-0.3, -0.25) is 19.7 Å². The van der Waals surface area contributed by atoms with Crippen molar-refractivity contribution in [3.63, 3.8) is 0 Å². The Labute approximate surface area is 170 Å². The average Bonchev–Trinajstić information content (AvgIpc) is 2.68. The molecule has 1 saturated heterocycles. The maximum absolute atomic E-state index is 12.6. The molecule has 2 unspecified atom stereocenters. The maximum Gasteiger partial charge on any atom is 0.338 e. The summed E-state index contributed by atoms with van der Waals surface area (Å²) < 4.78 is 10.2. The Balaban J connectivity index is 2.08. The van der Waals surface area contributed by atoms with E-state index in [0.29, 0.717) is 17.6 Å². The number of non-ortho nitro benzene ring substituents is 1. The predicted octanol–water partition coefficient (Wildman–Crippen LogP) is 2.53. The summed E-state index contributed by atoms with van der Waals surface area (Å²) in [5, 5.41) is 9.80. The van der Waals surface area contributed by atoms with Crippen LogP contribution in [0, 0.1) is 10.1 Å². The number of amides is 1. The van der Waals surface area contributed by atoms with Crippen molar-refractivity contribution in [3.05, 3.63) is 39.9 Å². The molecule has 0 saturated carbocycles. The first-order valence-corrected chi connectivity index (χ1v) is 10.3. The molecule has 1 aliphatic rings. The van der Waals surface area contributed by atoms with Gasteiger partial charge >= 0.3 is 5.97 Å². The van der Waals surface area contributed by atoms with Crippen LogP contribution in [0.5, 0.6) is 0 Å². The molecule has 9 nitrogen and oxygen atoms in total. The van der Waals surface area contributed by atoms with Crippen molar-refractivity contribution in [2.75, 3.05) is 12.4 Å². The van der Waals surface area contributed by atoms with Crippen molar-refractivity contribution < 1.29 is 28.2 Å². The summed E-state index contributed by atoms with van der Waals surface area (Å²) in [4.78, 5) is 48.5. The first kappa shape index (κ1) is 22.2. The third-order valence-electron chi connectivity index (χ3n) is 3.82. The van der Waals surface area contributed by atoms with Gasteiger partial charge in [0.15, 0.2) is 0 Å². The van der Waals surface area contributed by atoms with E-state index in [1.54, 1.807) is 6.92 Å². The van der Waals surface area contributed by atoms with Crippen LogP contribution in [0.15, 0.2) is 24.3 Å². The zero-order chi connectivity index (χ0) is 20.7. The summed E-state index contributed by atoms with van der Waals surface area (Å²) in [7, 11) is 0. The fraction of sp³-hybridized carbons (Fsp3) is 0.471. The molecule has 0 aliphatic carbocycles. The molecule has 0 N–H and O–H groups in total. The summed E-state index contributed by atoms with van der Waals surface area (Å²) in [5.41, 5.74) is 0.443. The molecular weight excluding hydrogens is 408 g/mol. The molecule has 0 spiro atoms. The number of carbonyl (C=O) groups excluding carboxylic acids is 3. The van der Waals surface area contributed by atoms with Crippen LogP contribution in [0.2, 0.25) is 0 Å². The average molecular weight is 428 g/mol. The van der Waals surface area contributed by atoms with E-state index < -0.39 is 22.0 Å². The lowest BCUT2D eigenvalue weighted by molar-refractivity contribution is -0.384. The third kappa shape index (κ3) is 5.46. The fourth-order valence-electron chi connectivity index (χ4n) is 2.48. The topological polar surface area (TPSA) is 116 Å². The van der Waals surface area contributed by atoms with Crippen LogP contribution in [0.25, 0.3) is 0 Å². The van der Waals surface area contributed by atoms with Gasteiger partial charge in [0.05, 0.1) is 35.4 Å². The highest BCUT2D eigenvalue weighted by atomic mass is 32.2. The van der Waals surface area contributed by atoms with Gasteiger partial charge in [0.2, 0.25) is 17.1 Å². The van der Waals surface area contributed by atoms with Gasteiger partial charge in [0.1, 0.15) is 6.61 Å². The van der Waals surface area contributed by atoms with E-state index in [4.69, 9.17) is 8.92 Å². The Kier molecular flexibility index (Phi) is 8.27. The second-order valence-corrected chi connectivity index (χ2v) is 7.92. The van der Waals surface area contributed by atoms with Crippen molar-refractivity contribution >= 4 is 46.5 Å². The number of benzene rings is 1. The highest BCUT2D eigenvalue weighted by Crippen LogP contribution is 2.33. The van der Waals surface area contributed by atoms with Gasteiger partial charge in [-0.1, -0.05) is 6.92 Å². The molecule has 1 aromatic carbocycles. The number of carbonyl (C=O) groups is 3. The molecule has 0 radical (unpaired) electrons. The monoisotopic (exact) mass is 428 g/mol. The normalized spacial score (nSPS) is 17.0. The lowest BCUT2D eigenvalue weighted by Gasteiger charge is -2.42. The minimum absolute atomic E-state index is 0.0816. The van der Waals surface area contributed by atoms with Crippen LogP contribution in [0.3, 0.4) is 0 Å². The van der Waals surface area contributed by atoms with Crippen molar-refractivity contribution in [1.29, 1.82) is 0 Å². The van der Waals surface area contributed by atoms with Gasteiger partial charge in [-0.05, 0) is 30.4 Å². The lowest BCUT2D eigenvalue weighted by atomic mass is 10.1. The molecule has 1 amide bonds. The van der Waals surface area contributed by atoms with Gasteiger partial charge in [-0.25, -0.2) is 4.79 Å². The molecule has 28 heavy (non-hydrogen) atoms. The smallest absolute Gasteiger partial charge is 0.338 e. The van der Waals surface area contributed by atoms with E-state index in [-0.39, 0.29) is 36.6 Å². The SMILES string of the molecule is CCOSC(=O)C(C(=O)OCc1ccc([N+](=O)[O-])cc1)N1C(=O)CC1SCC. The zero-order valence-electron chi connectivity index (χ0n) is 15.4. The Morgan fingerprint density at radius 1 is 1.32 bits per heavy atom. The standard InChI is InChI=1S/C17H20N2O7S2/c1-3-26-28-17(22)15(18-13(20)9-14(18)27-4-2)16(21)25-10-11-5-7-12(8-6-11)19(23)24/h5-8,14-15H,3-4,9-10H2,1-2H3. The molecule has 11 heteroatoms. The van der Waals surface area contributed by atoms with Crippen LogP contribution in [0.1, 0.15) is 25.8 Å². The summed E-state index contributed by atoms with van der Waals surface area (Å²) in [6.45, 7) is 3.71. The Bertz CT molecular complexity index is 742. The van der Waals surface area contributed by atoms with Crippen LogP contribution in [0.4, 0.5) is 5.69 Å². The summed E-state index contributed by atoms with van der Waals surface area (Å²) in [6, 6.07) is 4.12. The van der Waals surface area contributed by atoms with Gasteiger partial charge < -0.3 is 13.8 Å². The summed E-state index contributed by atoms with van der Waals surface area (Å²) in [5.74, 6) is -0.426. The molecule has 1 heterocycles. The number of nitro groups is 1. The molecule has 1 aromatic rings. The third-order valence-corrected chi connectivity index (χ3v) is 5.67. The number of nitrogens with zero attached hydrogens (tertiary/aromatic N) is 2. The van der Waals surface area contributed by atoms with E-state index >= 15 is 0 Å². The van der Waals surface area contributed by atoms with E-state index in [1.807, 2.05) is 6.92 Å². The maximum atomic E-state index is 12.6. The number of likely N-dealkylation sites (tertiary alicyclic amines) is 1. The van der Waals surface area contributed by atoms with Crippen LogP contribution < -0.4 is 0 Å². The number of thioether (sulfide) groups is 1. The first-order valence-electron chi connectivity index (χ1n) is 8.55. The molecule has 0 bridgehead atoms. The van der Waals surface area contributed by atoms with E-state index in [2.05, 4.69) is 0 Å². The lowest BCUT2D eigenvalue weighted by Crippen LogP contribution is -2.61. The van der Waals surface area contributed by atoms with Crippen LogP contribution in [-0.4, -0.2) is 50.6 Å². The number of nitro benzene ring substituents is 1. The highest BCUT2D eigenvalue weighted by Gasteiger charge is 2.48. The molecule has 1 fully saturated rings. The predicted molar refractivity (Wildman–Crippen MR) is 104 cm³/mol. The molecule has 152 valence electrons. The minimum atomic E-state index is -1.39. The van der Waals surface area contributed by atoms with Crippen molar-refractivity contribution in [1.82, 2.24) is 4.90 Å². The number of hydrogen-bond donors (Lipinski definition) is 0. The minimum Gasteiger partial charge on any atom is -0.459 e. The van der Waals surface area contributed by atoms with Gasteiger partial charge in [0.25, 0.3) is 5.69 Å². The first-order chi connectivity index (χ1) is 13.4. The van der Waals surface area contributed by atoms with Crippen molar-refractivity contribution in [3.8, 4) is 0 Å². The second kappa shape index (κ2) is 10.4. The van der Waals surface area contributed by atoms with Gasteiger partial charge in [-0.2, -0.15) is 0 Å². The van der Waals surface area contributed by atoms with E-state index in [1.165, 1.54) is 40.9 Å². The van der Waals surface area contributed by atoms with Gasteiger partial charge in [-0.15, -0.1) is 11.8 Å². The second-order valence-electron chi connectivity index (χ2n) is 5.66. The van der Waals surface area contributed by atoms with E-state index in [0.717, 1.165) is 5.75 Å². The zero-order valence-corrected chi connectivity index (χ0v) is 17.0. The quantitative estimate of drug-likeness (QED) is 0.138. The molecular formula is C17H20N2O7S2. The van der Waals surface area contributed by atoms with Gasteiger partial charge in [0, 0.05) is 12.1 Å². The largest absolute Gasteiger partial charge is 0.459 e. The number of rotatable bonds is 10. The highest BCUT2D eigenvalue weighted by molar-refractivity contribution is 8.09. The number of esters is 1. The van der Waals surface area contributed by atoms with Crippen molar-refractivity contribution in [2.24, 2.45) is 0 Å². The Morgan fingerprint density at radius 3 is 2.54 bits per heavy atom. The molecule has 1 aliphatic heterocycles. The van der Waals surface area contributed by atoms with Crippen LogP contribution in [-0.2, 0) is 29.9 Å². The summed E-state index contributed by atoms with van der Waals surface area (Å²) in [6.07, 6.45) is 0.261. The number of ether oxygens (including phenoxy) is 1. The number of β-lactam (4-membered cyclic amide) rings is 1. The molecule has 2 atom stereocenters. The molecule has 0 aromatic heterocycles.